The second-order valence-corrected chi connectivity index (χ2v) is 9.12. The van der Waals surface area contributed by atoms with Gasteiger partial charge in [-0.3, -0.25) is 0 Å². The van der Waals surface area contributed by atoms with Gasteiger partial charge in [0.25, 0.3) is 0 Å². The molecular formula is C19H36N2O6S. The maximum absolute atomic E-state index is 10.4. The van der Waals surface area contributed by atoms with Crippen molar-refractivity contribution in [2.75, 3.05) is 6.61 Å². The fraction of sp³-hybridized carbons (Fsp3) is 0.842. The summed E-state index contributed by atoms with van der Waals surface area (Å²) in [6.07, 6.45) is -2.07. The van der Waals surface area contributed by atoms with Gasteiger partial charge >= 0.3 is 0 Å². The predicted molar refractivity (Wildman–Crippen MR) is 111 cm³/mol. The van der Waals surface area contributed by atoms with Crippen LogP contribution in [0.3, 0.4) is 0 Å². The van der Waals surface area contributed by atoms with Crippen molar-refractivity contribution in [1.29, 1.82) is 0 Å². The highest BCUT2D eigenvalue weighted by molar-refractivity contribution is 7.80. The first-order chi connectivity index (χ1) is 12.9. The highest BCUT2D eigenvalue weighted by Crippen LogP contribution is 2.20. The van der Waals surface area contributed by atoms with Crippen molar-refractivity contribution >= 4 is 17.2 Å². The van der Waals surface area contributed by atoms with E-state index in [-0.39, 0.29) is 18.4 Å². The molecule has 0 saturated carbocycles. The molecule has 7 unspecified atom stereocenters. The summed E-state index contributed by atoms with van der Waals surface area (Å²) in [5, 5.41) is 53.0. The molecule has 1 aliphatic rings. The van der Waals surface area contributed by atoms with Gasteiger partial charge in [-0.05, 0) is 18.3 Å². The number of rotatable bonds is 8. The molecule has 0 aromatic heterocycles. The molecule has 1 rings (SSSR count). The van der Waals surface area contributed by atoms with Crippen molar-refractivity contribution in [3.8, 4) is 0 Å². The van der Waals surface area contributed by atoms with Crippen LogP contribution >= 0.6 is 12.2 Å². The first kappa shape index (κ1) is 25.4. The van der Waals surface area contributed by atoms with Crippen LogP contribution in [-0.4, -0.2) is 79.9 Å². The number of nitrogens with two attached hydrogens (primary N) is 1. The monoisotopic (exact) mass is 420 g/mol. The minimum absolute atomic E-state index is 0.0214. The van der Waals surface area contributed by atoms with Crippen LogP contribution in [0.4, 0.5) is 0 Å². The lowest BCUT2D eigenvalue weighted by Gasteiger charge is -2.33. The average molecular weight is 421 g/mol. The summed E-state index contributed by atoms with van der Waals surface area (Å²) < 4.78 is 5.79. The van der Waals surface area contributed by atoms with Crippen molar-refractivity contribution in [3.63, 3.8) is 0 Å². The van der Waals surface area contributed by atoms with Crippen LogP contribution in [0.1, 0.15) is 46.5 Å². The van der Waals surface area contributed by atoms with Crippen molar-refractivity contribution in [1.82, 2.24) is 5.32 Å². The van der Waals surface area contributed by atoms with Gasteiger partial charge in [-0.1, -0.05) is 45.1 Å². The number of thiocarbonyl (C=S) groups is 1. The zero-order valence-corrected chi connectivity index (χ0v) is 17.7. The molecule has 8 N–H and O–H groups in total. The van der Waals surface area contributed by atoms with Gasteiger partial charge < -0.3 is 41.3 Å². The Bertz CT molecular complexity index is 511. The van der Waals surface area contributed by atoms with Gasteiger partial charge in [0.05, 0.1) is 29.8 Å². The van der Waals surface area contributed by atoms with Crippen LogP contribution in [-0.2, 0) is 4.74 Å². The molecule has 0 saturated heterocycles. The molecule has 0 heterocycles. The third-order valence-corrected chi connectivity index (χ3v) is 4.77. The predicted octanol–water partition coefficient (Wildman–Crippen LogP) is -0.446. The van der Waals surface area contributed by atoms with Crippen LogP contribution < -0.4 is 11.1 Å². The standard InChI is InChI=1S/C19H36N2O6S/c1-19(2,3)9-16(28)21-11(13(23)8-15(20)24)10-27-14-7-5-4-6-12(22)17(25)18(14)26/h4,6,11-15,17-18,22-26H,5,7-10,20H2,1-3H3,(H,21,28)/b6-4-. The molecule has 0 bridgehead atoms. The summed E-state index contributed by atoms with van der Waals surface area (Å²) in [5.74, 6) is 0. The van der Waals surface area contributed by atoms with Gasteiger partial charge in [-0.25, -0.2) is 0 Å². The number of ether oxygens (including phenoxy) is 1. The van der Waals surface area contributed by atoms with E-state index in [0.717, 1.165) is 0 Å². The smallest absolute Gasteiger partial charge is 0.112 e. The molecule has 8 nitrogen and oxygen atoms in total. The Balaban J connectivity index is 2.78. The molecular weight excluding hydrogens is 384 g/mol. The Morgan fingerprint density at radius 1 is 1.25 bits per heavy atom. The zero-order valence-electron chi connectivity index (χ0n) is 16.9. The van der Waals surface area contributed by atoms with Crippen LogP contribution in [0.15, 0.2) is 12.2 Å². The summed E-state index contributed by atoms with van der Waals surface area (Å²) in [4.78, 5) is 0.545. The van der Waals surface area contributed by atoms with E-state index in [1.807, 2.05) is 20.8 Å². The average Bonchev–Trinajstić information content (AvgIpc) is 2.55. The first-order valence-electron chi connectivity index (χ1n) is 9.64. The highest BCUT2D eigenvalue weighted by Gasteiger charge is 2.33. The summed E-state index contributed by atoms with van der Waals surface area (Å²) in [6.45, 7) is 6.10. The lowest BCUT2D eigenvalue weighted by molar-refractivity contribution is -0.124. The number of aliphatic hydroxyl groups is 5. The normalized spacial score (nSPS) is 30.6. The molecule has 0 radical (unpaired) electrons. The van der Waals surface area contributed by atoms with Gasteiger partial charge in [-0.15, -0.1) is 0 Å². The lowest BCUT2D eigenvalue weighted by atomic mass is 9.92. The second kappa shape index (κ2) is 11.5. The quantitative estimate of drug-likeness (QED) is 0.157. The van der Waals surface area contributed by atoms with Crippen LogP contribution in [0.2, 0.25) is 0 Å². The second-order valence-electron chi connectivity index (χ2n) is 8.63. The van der Waals surface area contributed by atoms with E-state index in [1.165, 1.54) is 6.08 Å². The fourth-order valence-corrected chi connectivity index (χ4v) is 3.60. The van der Waals surface area contributed by atoms with Gasteiger partial charge in [-0.2, -0.15) is 0 Å². The van der Waals surface area contributed by atoms with Crippen molar-refractivity contribution in [2.45, 2.75) is 89.2 Å². The topological polar surface area (TPSA) is 148 Å². The van der Waals surface area contributed by atoms with Gasteiger partial charge in [0.15, 0.2) is 0 Å². The molecule has 0 fully saturated rings. The Hall–Kier alpha value is -0.650. The van der Waals surface area contributed by atoms with Gasteiger partial charge in [0.1, 0.15) is 24.5 Å². The molecule has 7 atom stereocenters. The Kier molecular flexibility index (Phi) is 10.4. The molecule has 0 aromatic rings. The number of hydrogen-bond acceptors (Lipinski definition) is 8. The van der Waals surface area contributed by atoms with E-state index >= 15 is 0 Å². The molecule has 9 heteroatoms. The Labute approximate surface area is 172 Å². The Morgan fingerprint density at radius 2 is 1.89 bits per heavy atom. The molecule has 0 aliphatic heterocycles. The number of hydrogen-bond donors (Lipinski definition) is 7. The lowest BCUT2D eigenvalue weighted by Crippen LogP contribution is -2.51. The molecule has 0 aromatic carbocycles. The molecule has 0 spiro atoms. The van der Waals surface area contributed by atoms with E-state index in [1.54, 1.807) is 6.08 Å². The molecule has 28 heavy (non-hydrogen) atoms. The third-order valence-electron chi connectivity index (χ3n) is 4.51. The van der Waals surface area contributed by atoms with Crippen molar-refractivity contribution in [2.24, 2.45) is 11.1 Å². The minimum atomic E-state index is -1.37. The summed E-state index contributed by atoms with van der Waals surface area (Å²) >= 11 is 5.38. The van der Waals surface area contributed by atoms with Gasteiger partial charge in [0, 0.05) is 12.8 Å². The van der Waals surface area contributed by atoms with Crippen molar-refractivity contribution in [3.05, 3.63) is 12.2 Å². The number of aliphatic hydroxyl groups excluding tert-OH is 5. The van der Waals surface area contributed by atoms with E-state index in [2.05, 4.69) is 5.32 Å². The SMILES string of the molecule is CC(C)(C)CC(=S)NC(COC1CC/C=C\C(O)C(O)C1O)C(O)CC(N)O. The van der Waals surface area contributed by atoms with Crippen LogP contribution in [0.5, 0.6) is 0 Å². The first-order valence-corrected chi connectivity index (χ1v) is 10.0. The molecule has 1 aliphatic carbocycles. The van der Waals surface area contributed by atoms with E-state index in [9.17, 15) is 25.5 Å². The van der Waals surface area contributed by atoms with Crippen LogP contribution in [0, 0.1) is 5.41 Å². The number of allylic oxidation sites excluding steroid dienone is 1. The van der Waals surface area contributed by atoms with Crippen molar-refractivity contribution < 1.29 is 30.3 Å². The van der Waals surface area contributed by atoms with E-state index < -0.39 is 42.8 Å². The Morgan fingerprint density at radius 3 is 2.46 bits per heavy atom. The van der Waals surface area contributed by atoms with Gasteiger partial charge in [0.2, 0.25) is 0 Å². The maximum atomic E-state index is 10.4. The summed E-state index contributed by atoms with van der Waals surface area (Å²) in [5.41, 5.74) is 5.34. The summed E-state index contributed by atoms with van der Waals surface area (Å²) in [6, 6.07) is -0.650. The molecule has 0 amide bonds. The van der Waals surface area contributed by atoms with E-state index in [4.69, 9.17) is 22.7 Å². The minimum Gasteiger partial charge on any atom is -0.391 e. The molecule has 164 valence electrons. The fourth-order valence-electron chi connectivity index (χ4n) is 3.01. The van der Waals surface area contributed by atoms with E-state index in [0.29, 0.717) is 24.3 Å². The maximum Gasteiger partial charge on any atom is 0.112 e. The largest absolute Gasteiger partial charge is 0.391 e. The zero-order chi connectivity index (χ0) is 21.5. The number of nitrogens with one attached hydrogen (secondary N) is 1. The third kappa shape index (κ3) is 9.23. The summed E-state index contributed by atoms with van der Waals surface area (Å²) in [7, 11) is 0. The highest BCUT2D eigenvalue weighted by atomic mass is 32.1. The van der Waals surface area contributed by atoms with Crippen LogP contribution in [0.25, 0.3) is 0 Å².